The Balaban J connectivity index is 1.86. The Labute approximate surface area is 128 Å². The van der Waals surface area contributed by atoms with Crippen LogP contribution in [0.1, 0.15) is 17.8 Å². The van der Waals surface area contributed by atoms with Crippen LogP contribution < -0.4 is 10.1 Å². The lowest BCUT2D eigenvalue weighted by atomic mass is 10.3. The predicted molar refractivity (Wildman–Crippen MR) is 80.5 cm³/mol. The Hall–Kier alpha value is -1.40. The summed E-state index contributed by atoms with van der Waals surface area (Å²) in [5.74, 6) is -0.146. The zero-order valence-corrected chi connectivity index (χ0v) is 13.1. The monoisotopic (exact) mass is 357 g/mol. The van der Waals surface area contributed by atoms with Crippen LogP contribution in [0.2, 0.25) is 0 Å². The Kier molecular flexibility index (Phi) is 5.14. The van der Waals surface area contributed by atoms with Crippen molar-refractivity contribution in [2.45, 2.75) is 13.0 Å². The minimum absolute atomic E-state index is 0.0530. The minimum Gasteiger partial charge on any atom is -0.483 e. The summed E-state index contributed by atoms with van der Waals surface area (Å²) in [7, 11) is 0. The molecular formula is C14H13BrFNO2S. The molecule has 1 heterocycles. The third-order valence-corrected chi connectivity index (χ3v) is 4.27. The fraction of sp³-hybridized carbons (Fsp3) is 0.214. The van der Waals surface area contributed by atoms with Gasteiger partial charge in [0.15, 0.2) is 6.61 Å². The lowest BCUT2D eigenvalue weighted by Crippen LogP contribution is -2.30. The molecule has 0 radical (unpaired) electrons. The lowest BCUT2D eigenvalue weighted by Gasteiger charge is -2.13. The summed E-state index contributed by atoms with van der Waals surface area (Å²) in [5, 5.41) is 4.80. The largest absolute Gasteiger partial charge is 0.483 e. The van der Waals surface area contributed by atoms with Crippen molar-refractivity contribution in [2.75, 3.05) is 6.61 Å². The molecule has 0 saturated carbocycles. The highest BCUT2D eigenvalue weighted by molar-refractivity contribution is 9.10. The van der Waals surface area contributed by atoms with Gasteiger partial charge >= 0.3 is 0 Å². The maximum atomic E-state index is 12.9. The van der Waals surface area contributed by atoms with Crippen LogP contribution in [0.4, 0.5) is 4.39 Å². The zero-order valence-electron chi connectivity index (χ0n) is 10.7. The first-order valence-electron chi connectivity index (χ1n) is 5.97. The first-order chi connectivity index (χ1) is 9.56. The van der Waals surface area contributed by atoms with Gasteiger partial charge in [-0.15, -0.1) is 11.3 Å². The molecule has 1 aromatic heterocycles. The van der Waals surface area contributed by atoms with E-state index in [1.807, 2.05) is 24.4 Å². The molecule has 1 aromatic carbocycles. The van der Waals surface area contributed by atoms with Gasteiger partial charge in [0.25, 0.3) is 5.91 Å². The van der Waals surface area contributed by atoms with E-state index in [-0.39, 0.29) is 24.4 Å². The zero-order chi connectivity index (χ0) is 14.5. The maximum absolute atomic E-state index is 12.9. The second kappa shape index (κ2) is 6.85. The number of carbonyl (C=O) groups excluding carboxylic acids is 1. The molecule has 1 atom stereocenters. The highest BCUT2D eigenvalue weighted by Gasteiger charge is 2.11. The molecule has 0 aliphatic rings. The van der Waals surface area contributed by atoms with E-state index in [0.29, 0.717) is 10.2 Å². The van der Waals surface area contributed by atoms with Gasteiger partial charge in [-0.2, -0.15) is 0 Å². The molecule has 0 saturated heterocycles. The van der Waals surface area contributed by atoms with Gasteiger partial charge in [0.05, 0.1) is 10.5 Å². The lowest BCUT2D eigenvalue weighted by molar-refractivity contribution is -0.123. The Morgan fingerprint density at radius 3 is 2.95 bits per heavy atom. The average Bonchev–Trinajstić information content (AvgIpc) is 2.91. The Morgan fingerprint density at radius 2 is 2.30 bits per heavy atom. The van der Waals surface area contributed by atoms with Gasteiger partial charge in [0.2, 0.25) is 0 Å². The van der Waals surface area contributed by atoms with Crippen LogP contribution in [0.3, 0.4) is 0 Å². The minimum atomic E-state index is -0.361. The number of halogens is 2. The van der Waals surface area contributed by atoms with Crippen molar-refractivity contribution in [3.05, 3.63) is 50.9 Å². The second-order valence-corrected chi connectivity index (χ2v) is 6.00. The molecule has 0 bridgehead atoms. The van der Waals surface area contributed by atoms with E-state index in [2.05, 4.69) is 21.2 Å². The van der Waals surface area contributed by atoms with E-state index in [0.717, 1.165) is 4.88 Å². The van der Waals surface area contributed by atoms with Gasteiger partial charge in [-0.05, 0) is 52.5 Å². The second-order valence-electron chi connectivity index (χ2n) is 4.17. The first kappa shape index (κ1) is 15.0. The van der Waals surface area contributed by atoms with Gasteiger partial charge in [-0.3, -0.25) is 4.79 Å². The molecule has 1 amide bonds. The van der Waals surface area contributed by atoms with Crippen LogP contribution in [0.5, 0.6) is 5.75 Å². The molecule has 106 valence electrons. The summed E-state index contributed by atoms with van der Waals surface area (Å²) in [6, 6.07) is 7.91. The molecule has 3 nitrogen and oxygen atoms in total. The first-order valence-corrected chi connectivity index (χ1v) is 7.64. The summed E-state index contributed by atoms with van der Waals surface area (Å²) in [5.41, 5.74) is 0. The number of amides is 1. The van der Waals surface area contributed by atoms with Crippen LogP contribution in [-0.2, 0) is 4.79 Å². The van der Waals surface area contributed by atoms with Crippen LogP contribution in [-0.4, -0.2) is 12.5 Å². The fourth-order valence-corrected chi connectivity index (χ4v) is 2.83. The van der Waals surface area contributed by atoms with Gasteiger partial charge in [-0.1, -0.05) is 6.07 Å². The quantitative estimate of drug-likeness (QED) is 0.880. The maximum Gasteiger partial charge on any atom is 0.258 e. The summed E-state index contributed by atoms with van der Waals surface area (Å²) < 4.78 is 18.7. The molecule has 2 aromatic rings. The van der Waals surface area contributed by atoms with Crippen LogP contribution in [0.15, 0.2) is 40.2 Å². The molecule has 0 fully saturated rings. The molecule has 20 heavy (non-hydrogen) atoms. The topological polar surface area (TPSA) is 38.3 Å². The summed E-state index contributed by atoms with van der Waals surface area (Å²) in [4.78, 5) is 12.9. The third kappa shape index (κ3) is 4.05. The summed E-state index contributed by atoms with van der Waals surface area (Å²) >= 11 is 4.77. The molecule has 2 rings (SSSR count). The van der Waals surface area contributed by atoms with Crippen molar-refractivity contribution in [3.8, 4) is 5.75 Å². The predicted octanol–water partition coefficient (Wildman–Crippen LogP) is 3.91. The molecule has 0 aliphatic heterocycles. The Morgan fingerprint density at radius 1 is 1.50 bits per heavy atom. The molecule has 6 heteroatoms. The standard InChI is InChI=1S/C14H13BrFNO2S/c1-9(13-3-2-6-20-13)17-14(18)8-19-12-5-4-10(16)7-11(12)15/h2-7,9H,8H2,1H3,(H,17,18)/t9-/m1/s1. The number of thiophene rings is 1. The van der Waals surface area contributed by atoms with Crippen molar-refractivity contribution in [1.29, 1.82) is 0 Å². The highest BCUT2D eigenvalue weighted by atomic mass is 79.9. The number of rotatable bonds is 5. The Bertz CT molecular complexity index is 589. The van der Waals surface area contributed by atoms with E-state index >= 15 is 0 Å². The fourth-order valence-electron chi connectivity index (χ4n) is 1.63. The van der Waals surface area contributed by atoms with E-state index in [1.165, 1.54) is 18.2 Å². The van der Waals surface area contributed by atoms with Crippen molar-refractivity contribution in [2.24, 2.45) is 0 Å². The van der Waals surface area contributed by atoms with Gasteiger partial charge in [0, 0.05) is 4.88 Å². The molecule has 1 N–H and O–H groups in total. The number of hydrogen-bond donors (Lipinski definition) is 1. The van der Waals surface area contributed by atoms with Crippen LogP contribution in [0.25, 0.3) is 0 Å². The molecule has 0 unspecified atom stereocenters. The average molecular weight is 358 g/mol. The van der Waals surface area contributed by atoms with E-state index in [9.17, 15) is 9.18 Å². The van der Waals surface area contributed by atoms with Crippen molar-refractivity contribution < 1.29 is 13.9 Å². The number of benzene rings is 1. The van der Waals surface area contributed by atoms with Crippen molar-refractivity contribution in [1.82, 2.24) is 5.32 Å². The van der Waals surface area contributed by atoms with Crippen molar-refractivity contribution in [3.63, 3.8) is 0 Å². The number of hydrogen-bond acceptors (Lipinski definition) is 3. The van der Waals surface area contributed by atoms with Gasteiger partial charge < -0.3 is 10.1 Å². The van der Waals surface area contributed by atoms with Crippen LogP contribution >= 0.6 is 27.3 Å². The number of carbonyl (C=O) groups is 1. The van der Waals surface area contributed by atoms with Gasteiger partial charge in [-0.25, -0.2) is 4.39 Å². The molecule has 0 aliphatic carbocycles. The third-order valence-electron chi connectivity index (χ3n) is 2.60. The smallest absolute Gasteiger partial charge is 0.258 e. The van der Waals surface area contributed by atoms with Crippen LogP contribution in [0, 0.1) is 5.82 Å². The summed E-state index contributed by atoms with van der Waals surface area (Å²) in [6.07, 6.45) is 0. The van der Waals surface area contributed by atoms with E-state index in [1.54, 1.807) is 11.3 Å². The van der Waals surface area contributed by atoms with Crippen molar-refractivity contribution >= 4 is 33.2 Å². The number of ether oxygens (including phenoxy) is 1. The summed E-state index contributed by atoms with van der Waals surface area (Å²) in [6.45, 7) is 1.80. The van der Waals surface area contributed by atoms with E-state index in [4.69, 9.17) is 4.74 Å². The molecule has 0 spiro atoms. The molecular weight excluding hydrogens is 345 g/mol. The van der Waals surface area contributed by atoms with Gasteiger partial charge in [0.1, 0.15) is 11.6 Å². The van der Waals surface area contributed by atoms with E-state index < -0.39 is 0 Å². The number of nitrogens with one attached hydrogen (secondary N) is 1. The highest BCUT2D eigenvalue weighted by Crippen LogP contribution is 2.25. The SMILES string of the molecule is C[C@@H](NC(=O)COc1ccc(F)cc1Br)c1cccs1. The normalized spacial score (nSPS) is 11.9.